The molecule has 42 heavy (non-hydrogen) atoms. The molecule has 1 aliphatic heterocycles. The third-order valence-corrected chi connectivity index (χ3v) is 9.07. The van der Waals surface area contributed by atoms with Gasteiger partial charge in [-0.05, 0) is 49.6 Å². The van der Waals surface area contributed by atoms with Crippen molar-refractivity contribution in [3.8, 4) is 23.0 Å². The highest BCUT2D eigenvalue weighted by Crippen LogP contribution is 2.29. The van der Waals surface area contributed by atoms with Gasteiger partial charge in [-0.2, -0.15) is 14.7 Å². The summed E-state index contributed by atoms with van der Waals surface area (Å²) in [4.78, 5) is 17.1. The van der Waals surface area contributed by atoms with E-state index in [0.717, 1.165) is 31.4 Å². The Morgan fingerprint density at radius 1 is 1.05 bits per heavy atom. The summed E-state index contributed by atoms with van der Waals surface area (Å²) in [6.07, 6.45) is 12.9. The zero-order valence-electron chi connectivity index (χ0n) is 23.3. The van der Waals surface area contributed by atoms with E-state index in [1.807, 2.05) is 47.2 Å². The van der Waals surface area contributed by atoms with Crippen LogP contribution in [0.15, 0.2) is 90.0 Å². The molecular weight excluding hydrogens is 550 g/mol. The van der Waals surface area contributed by atoms with Crippen molar-refractivity contribution in [1.82, 2.24) is 29.0 Å². The summed E-state index contributed by atoms with van der Waals surface area (Å²) < 4.78 is 32.2. The van der Waals surface area contributed by atoms with E-state index in [0.29, 0.717) is 49.4 Å². The summed E-state index contributed by atoms with van der Waals surface area (Å²) in [5.41, 5.74) is 2.28. The molecule has 5 rings (SSSR count). The standard InChI is InChI=1S/C31H33N7O3S/c32-22-26(31(39)34-14-9-16-36-19-15-33-24-36)20-27-23-38(28-11-4-3-5-12-28)35-30(27)25-10-8-13-29(21-25)42(40,41)37-17-6-1-2-7-18-37/h3-5,8,10-13,15,19-21,23-24H,1-2,6-7,9,14,16-18H2,(H,34,39)/b26-20+. The molecule has 0 saturated carbocycles. The third kappa shape index (κ3) is 6.84. The van der Waals surface area contributed by atoms with Crippen LogP contribution in [0, 0.1) is 11.3 Å². The van der Waals surface area contributed by atoms with Crippen LogP contribution in [0.2, 0.25) is 0 Å². The van der Waals surface area contributed by atoms with E-state index in [1.165, 1.54) is 6.08 Å². The minimum atomic E-state index is -3.68. The number of nitriles is 1. The van der Waals surface area contributed by atoms with Gasteiger partial charge in [-0.25, -0.2) is 18.1 Å². The van der Waals surface area contributed by atoms with Crippen molar-refractivity contribution in [3.63, 3.8) is 0 Å². The number of carbonyl (C=O) groups is 1. The topological polar surface area (TPSA) is 126 Å². The first-order chi connectivity index (χ1) is 20.5. The molecule has 11 heteroatoms. The first-order valence-corrected chi connectivity index (χ1v) is 15.5. The smallest absolute Gasteiger partial charge is 0.261 e. The van der Waals surface area contributed by atoms with E-state index < -0.39 is 15.9 Å². The predicted molar refractivity (Wildman–Crippen MR) is 160 cm³/mol. The molecule has 0 atom stereocenters. The van der Waals surface area contributed by atoms with Gasteiger partial charge in [0.1, 0.15) is 17.3 Å². The Balaban J connectivity index is 1.45. The van der Waals surface area contributed by atoms with Gasteiger partial charge in [-0.15, -0.1) is 0 Å². The Hall–Kier alpha value is -4.53. The zero-order chi connectivity index (χ0) is 29.4. The average Bonchev–Trinajstić information content (AvgIpc) is 3.61. The quantitative estimate of drug-likeness (QED) is 0.167. The second-order valence-corrected chi connectivity index (χ2v) is 12.1. The Bertz CT molecular complexity index is 1680. The summed E-state index contributed by atoms with van der Waals surface area (Å²) in [6, 6.07) is 18.2. The van der Waals surface area contributed by atoms with Gasteiger partial charge in [0.2, 0.25) is 10.0 Å². The van der Waals surface area contributed by atoms with Crippen LogP contribution in [0.3, 0.4) is 0 Å². The molecule has 2 aromatic heterocycles. The van der Waals surface area contributed by atoms with Crippen LogP contribution in [0.25, 0.3) is 23.0 Å². The molecule has 4 aromatic rings. The maximum atomic E-state index is 13.5. The van der Waals surface area contributed by atoms with Gasteiger partial charge in [0.25, 0.3) is 5.91 Å². The van der Waals surface area contributed by atoms with Gasteiger partial charge in [-0.1, -0.05) is 43.2 Å². The largest absolute Gasteiger partial charge is 0.351 e. The number of imidazole rings is 1. The summed E-state index contributed by atoms with van der Waals surface area (Å²) in [5.74, 6) is -0.487. The van der Waals surface area contributed by atoms with Crippen molar-refractivity contribution in [1.29, 1.82) is 5.26 Å². The van der Waals surface area contributed by atoms with Crippen molar-refractivity contribution in [2.45, 2.75) is 43.5 Å². The molecule has 10 nitrogen and oxygen atoms in total. The van der Waals surface area contributed by atoms with E-state index in [4.69, 9.17) is 5.10 Å². The molecule has 1 aliphatic rings. The van der Waals surface area contributed by atoms with Gasteiger partial charge >= 0.3 is 0 Å². The van der Waals surface area contributed by atoms with E-state index in [9.17, 15) is 18.5 Å². The van der Waals surface area contributed by atoms with Crippen LogP contribution in [-0.2, 0) is 21.4 Å². The lowest BCUT2D eigenvalue weighted by atomic mass is 10.1. The fourth-order valence-corrected chi connectivity index (χ4v) is 6.51. The van der Waals surface area contributed by atoms with E-state index >= 15 is 0 Å². The van der Waals surface area contributed by atoms with Crippen molar-refractivity contribution in [3.05, 3.63) is 90.7 Å². The van der Waals surface area contributed by atoms with Crippen molar-refractivity contribution in [2.24, 2.45) is 0 Å². The van der Waals surface area contributed by atoms with Gasteiger partial charge in [0.15, 0.2) is 0 Å². The number of sulfonamides is 1. The van der Waals surface area contributed by atoms with Crippen LogP contribution >= 0.6 is 0 Å². The maximum Gasteiger partial charge on any atom is 0.261 e. The first-order valence-electron chi connectivity index (χ1n) is 14.1. The minimum Gasteiger partial charge on any atom is -0.351 e. The average molecular weight is 584 g/mol. The lowest BCUT2D eigenvalue weighted by molar-refractivity contribution is -0.117. The van der Waals surface area contributed by atoms with Crippen molar-refractivity contribution < 1.29 is 13.2 Å². The Labute approximate surface area is 246 Å². The van der Waals surface area contributed by atoms with Crippen LogP contribution in [-0.4, -0.2) is 57.6 Å². The number of para-hydroxylation sites is 1. The van der Waals surface area contributed by atoms with E-state index in [-0.39, 0.29) is 10.5 Å². The lowest BCUT2D eigenvalue weighted by Crippen LogP contribution is -2.31. The number of benzene rings is 2. The molecule has 0 radical (unpaired) electrons. The number of carbonyl (C=O) groups excluding carboxylic acids is 1. The Kier molecular flexibility index (Phi) is 9.26. The SMILES string of the molecule is N#C/C(=C\c1cn(-c2ccccc2)nc1-c1cccc(S(=O)(=O)N2CCCCCC2)c1)C(=O)NCCCn1ccnc1. The minimum absolute atomic E-state index is 0.0696. The molecule has 1 fully saturated rings. The van der Waals surface area contributed by atoms with E-state index in [1.54, 1.807) is 52.0 Å². The van der Waals surface area contributed by atoms with Crippen LogP contribution < -0.4 is 5.32 Å². The van der Waals surface area contributed by atoms with Gasteiger partial charge in [0, 0.05) is 55.9 Å². The second-order valence-electron chi connectivity index (χ2n) is 10.1. The molecular formula is C31H33N7O3S. The van der Waals surface area contributed by atoms with Gasteiger partial charge < -0.3 is 9.88 Å². The Morgan fingerprint density at radius 3 is 2.55 bits per heavy atom. The normalized spacial score (nSPS) is 14.7. The number of hydrogen-bond acceptors (Lipinski definition) is 6. The summed E-state index contributed by atoms with van der Waals surface area (Å²) in [6.45, 7) is 2.09. The van der Waals surface area contributed by atoms with Gasteiger partial charge in [-0.3, -0.25) is 4.79 Å². The summed E-state index contributed by atoms with van der Waals surface area (Å²) >= 11 is 0. The molecule has 0 spiro atoms. The molecule has 1 saturated heterocycles. The van der Waals surface area contributed by atoms with Crippen LogP contribution in [0.5, 0.6) is 0 Å². The fraction of sp³-hybridized carbons (Fsp3) is 0.290. The predicted octanol–water partition coefficient (Wildman–Crippen LogP) is 4.41. The highest BCUT2D eigenvalue weighted by Gasteiger charge is 2.26. The molecule has 0 aliphatic carbocycles. The number of amides is 1. The van der Waals surface area contributed by atoms with E-state index in [2.05, 4.69) is 10.3 Å². The fourth-order valence-electron chi connectivity index (χ4n) is 4.95. The maximum absolute atomic E-state index is 13.5. The molecule has 3 heterocycles. The van der Waals surface area contributed by atoms with Crippen molar-refractivity contribution >= 4 is 22.0 Å². The van der Waals surface area contributed by atoms with Crippen LogP contribution in [0.4, 0.5) is 0 Å². The summed E-state index contributed by atoms with van der Waals surface area (Å²) in [5, 5.41) is 17.4. The summed E-state index contributed by atoms with van der Waals surface area (Å²) in [7, 11) is -3.68. The number of aromatic nitrogens is 4. The number of nitrogens with zero attached hydrogens (tertiary/aromatic N) is 6. The zero-order valence-corrected chi connectivity index (χ0v) is 24.1. The molecule has 0 unspecified atom stereocenters. The second kappa shape index (κ2) is 13.4. The Morgan fingerprint density at radius 2 is 1.83 bits per heavy atom. The van der Waals surface area contributed by atoms with Gasteiger partial charge in [0.05, 0.1) is 16.9 Å². The molecule has 1 N–H and O–H groups in total. The molecule has 1 amide bonds. The number of hydrogen-bond donors (Lipinski definition) is 1. The highest BCUT2D eigenvalue weighted by molar-refractivity contribution is 7.89. The number of nitrogens with one attached hydrogen (secondary N) is 1. The lowest BCUT2D eigenvalue weighted by Gasteiger charge is -2.20. The molecule has 0 bridgehead atoms. The monoisotopic (exact) mass is 583 g/mol. The third-order valence-electron chi connectivity index (χ3n) is 7.18. The number of aryl methyl sites for hydroxylation is 1. The molecule has 2 aromatic carbocycles. The first kappa shape index (κ1) is 29.0. The van der Waals surface area contributed by atoms with Crippen molar-refractivity contribution in [2.75, 3.05) is 19.6 Å². The highest BCUT2D eigenvalue weighted by atomic mass is 32.2. The van der Waals surface area contributed by atoms with Crippen LogP contribution in [0.1, 0.15) is 37.7 Å². The number of rotatable bonds is 10. The molecule has 216 valence electrons.